The van der Waals surface area contributed by atoms with Crippen LogP contribution in [0.25, 0.3) is 0 Å². The molecule has 0 aliphatic carbocycles. The van der Waals surface area contributed by atoms with Gasteiger partial charge in [0, 0.05) is 12.1 Å². The van der Waals surface area contributed by atoms with Crippen LogP contribution in [0, 0.1) is 0 Å². The van der Waals surface area contributed by atoms with Crippen LogP contribution in [0.4, 0.5) is 0 Å². The fourth-order valence-electron chi connectivity index (χ4n) is 2.52. The van der Waals surface area contributed by atoms with Gasteiger partial charge in [0.05, 0.1) is 6.54 Å². The first kappa shape index (κ1) is 17.7. The molecule has 1 rings (SSSR count). The quantitative estimate of drug-likeness (QED) is 0.852. The van der Waals surface area contributed by atoms with Gasteiger partial charge in [0.15, 0.2) is 0 Å². The highest BCUT2D eigenvalue weighted by molar-refractivity contribution is 5.69. The lowest BCUT2D eigenvalue weighted by atomic mass is 9.86. The number of hydrogen-bond acceptors (Lipinski definition) is 2. The maximum atomic E-state index is 11.1. The molecule has 2 unspecified atom stereocenters. The molecule has 1 N–H and O–H groups in total. The van der Waals surface area contributed by atoms with Gasteiger partial charge >= 0.3 is 5.97 Å². The zero-order chi connectivity index (χ0) is 16.2. The maximum absolute atomic E-state index is 11.1. The molecule has 0 spiro atoms. The van der Waals surface area contributed by atoms with E-state index in [4.69, 9.17) is 5.11 Å². The lowest BCUT2D eigenvalue weighted by Crippen LogP contribution is -2.39. The number of carbonyl (C=O) groups is 1. The summed E-state index contributed by atoms with van der Waals surface area (Å²) in [6.45, 7) is 12.9. The summed E-state index contributed by atoms with van der Waals surface area (Å²) in [4.78, 5) is 13.2. The number of aliphatic carboxylic acids is 1. The smallest absolute Gasteiger partial charge is 0.317 e. The minimum atomic E-state index is -0.770. The van der Waals surface area contributed by atoms with Crippen LogP contribution in [-0.4, -0.2) is 28.6 Å². The van der Waals surface area contributed by atoms with Crippen LogP contribution < -0.4 is 0 Å². The van der Waals surface area contributed by atoms with Gasteiger partial charge in [-0.05, 0) is 36.8 Å². The summed E-state index contributed by atoms with van der Waals surface area (Å²) in [5.74, 6) is -0.770. The Kier molecular flexibility index (Phi) is 5.97. The van der Waals surface area contributed by atoms with E-state index in [0.29, 0.717) is 0 Å². The second-order valence-electron chi connectivity index (χ2n) is 6.87. The Labute approximate surface area is 129 Å². The summed E-state index contributed by atoms with van der Waals surface area (Å²) in [7, 11) is 0. The van der Waals surface area contributed by atoms with Crippen LogP contribution in [0.2, 0.25) is 0 Å². The Balaban J connectivity index is 2.98. The van der Waals surface area contributed by atoms with Crippen molar-refractivity contribution in [1.29, 1.82) is 0 Å². The van der Waals surface area contributed by atoms with Crippen molar-refractivity contribution in [2.24, 2.45) is 0 Å². The zero-order valence-corrected chi connectivity index (χ0v) is 14.2. The Bertz CT molecular complexity index is 459. The number of rotatable bonds is 6. The minimum Gasteiger partial charge on any atom is -0.480 e. The molecule has 0 amide bonds. The van der Waals surface area contributed by atoms with Crippen molar-refractivity contribution in [2.75, 3.05) is 6.54 Å². The highest BCUT2D eigenvalue weighted by atomic mass is 16.4. The molecular formula is C18H29NO2. The van der Waals surface area contributed by atoms with Crippen molar-refractivity contribution in [3.8, 4) is 0 Å². The van der Waals surface area contributed by atoms with Gasteiger partial charge in [0.2, 0.25) is 0 Å². The molecule has 0 bridgehead atoms. The first-order valence-corrected chi connectivity index (χ1v) is 7.74. The van der Waals surface area contributed by atoms with Crippen molar-refractivity contribution in [3.63, 3.8) is 0 Å². The predicted octanol–water partition coefficient (Wildman–Crippen LogP) is 4.23. The second kappa shape index (κ2) is 7.08. The molecule has 0 fully saturated rings. The van der Waals surface area contributed by atoms with E-state index >= 15 is 0 Å². The number of nitrogens with zero attached hydrogens (tertiary/aromatic N) is 1. The summed E-state index contributed by atoms with van der Waals surface area (Å²) in [5, 5.41) is 9.13. The maximum Gasteiger partial charge on any atom is 0.317 e. The van der Waals surface area contributed by atoms with Gasteiger partial charge in [-0.25, -0.2) is 0 Å². The molecule has 2 atom stereocenters. The third kappa shape index (κ3) is 4.85. The first-order valence-electron chi connectivity index (χ1n) is 7.74. The van der Waals surface area contributed by atoms with Crippen molar-refractivity contribution >= 4 is 5.97 Å². The van der Waals surface area contributed by atoms with Gasteiger partial charge in [-0.2, -0.15) is 0 Å². The fourth-order valence-corrected chi connectivity index (χ4v) is 2.52. The summed E-state index contributed by atoms with van der Waals surface area (Å²) in [6.07, 6.45) is 0.942. The third-order valence-corrected chi connectivity index (χ3v) is 4.23. The molecule has 0 radical (unpaired) electrons. The fraction of sp³-hybridized carbons (Fsp3) is 0.611. The first-order chi connectivity index (χ1) is 9.66. The Hall–Kier alpha value is -1.35. The lowest BCUT2D eigenvalue weighted by Gasteiger charge is -2.33. The summed E-state index contributed by atoms with van der Waals surface area (Å²) >= 11 is 0. The molecule has 0 saturated heterocycles. The highest BCUT2D eigenvalue weighted by Gasteiger charge is 2.23. The van der Waals surface area contributed by atoms with Crippen LogP contribution in [0.5, 0.6) is 0 Å². The van der Waals surface area contributed by atoms with Crippen LogP contribution in [0.1, 0.15) is 65.1 Å². The molecule has 0 aromatic heterocycles. The molecule has 118 valence electrons. The summed E-state index contributed by atoms with van der Waals surface area (Å²) in [5.41, 5.74) is 2.61. The van der Waals surface area contributed by atoms with Crippen LogP contribution >= 0.6 is 0 Å². The summed E-state index contributed by atoms with van der Waals surface area (Å²) < 4.78 is 0. The average Bonchev–Trinajstić information content (AvgIpc) is 2.42. The second-order valence-corrected chi connectivity index (χ2v) is 6.87. The molecule has 1 aromatic rings. The van der Waals surface area contributed by atoms with E-state index in [2.05, 4.69) is 70.7 Å². The lowest BCUT2D eigenvalue weighted by molar-refractivity contribution is -0.139. The van der Waals surface area contributed by atoms with Crippen molar-refractivity contribution in [3.05, 3.63) is 35.4 Å². The van der Waals surface area contributed by atoms with E-state index < -0.39 is 5.97 Å². The van der Waals surface area contributed by atoms with E-state index in [1.54, 1.807) is 0 Å². The predicted molar refractivity (Wildman–Crippen MR) is 87.7 cm³/mol. The van der Waals surface area contributed by atoms with Crippen molar-refractivity contribution < 1.29 is 9.90 Å². The van der Waals surface area contributed by atoms with Gasteiger partial charge in [-0.1, -0.05) is 52.0 Å². The highest BCUT2D eigenvalue weighted by Crippen LogP contribution is 2.27. The molecule has 3 heteroatoms. The number of carboxylic acids is 1. The molecule has 0 saturated carbocycles. The molecule has 3 nitrogen and oxygen atoms in total. The van der Waals surface area contributed by atoms with Crippen LogP contribution in [0.15, 0.2) is 24.3 Å². The van der Waals surface area contributed by atoms with E-state index in [1.807, 2.05) is 0 Å². The van der Waals surface area contributed by atoms with Gasteiger partial charge in [-0.15, -0.1) is 0 Å². The molecule has 0 heterocycles. The van der Waals surface area contributed by atoms with Crippen LogP contribution in [-0.2, 0) is 10.2 Å². The largest absolute Gasteiger partial charge is 0.480 e. The van der Waals surface area contributed by atoms with Gasteiger partial charge in [-0.3, -0.25) is 9.69 Å². The molecular weight excluding hydrogens is 262 g/mol. The van der Waals surface area contributed by atoms with E-state index in [-0.39, 0.29) is 24.0 Å². The SMILES string of the molecule is CCC(C)N(CC(=O)O)C(C)c1ccc(C(C)(C)C)cc1. The van der Waals surface area contributed by atoms with Crippen molar-refractivity contribution in [2.45, 2.75) is 65.5 Å². The van der Waals surface area contributed by atoms with E-state index in [1.165, 1.54) is 11.1 Å². The van der Waals surface area contributed by atoms with E-state index in [0.717, 1.165) is 6.42 Å². The van der Waals surface area contributed by atoms with Crippen molar-refractivity contribution in [1.82, 2.24) is 4.90 Å². The Morgan fingerprint density at radius 1 is 1.19 bits per heavy atom. The summed E-state index contributed by atoms with van der Waals surface area (Å²) in [6, 6.07) is 8.91. The van der Waals surface area contributed by atoms with Gasteiger partial charge in [0.1, 0.15) is 0 Å². The van der Waals surface area contributed by atoms with E-state index in [9.17, 15) is 4.79 Å². The zero-order valence-electron chi connectivity index (χ0n) is 14.2. The molecule has 0 aliphatic rings. The third-order valence-electron chi connectivity index (χ3n) is 4.23. The monoisotopic (exact) mass is 291 g/mol. The molecule has 21 heavy (non-hydrogen) atoms. The molecule has 1 aromatic carbocycles. The Morgan fingerprint density at radius 2 is 1.71 bits per heavy atom. The standard InChI is InChI=1S/C18H29NO2/c1-7-13(2)19(12-17(20)21)14(3)15-8-10-16(11-9-15)18(4,5)6/h8-11,13-14H,7,12H2,1-6H3,(H,20,21). The average molecular weight is 291 g/mol. The van der Waals surface area contributed by atoms with Gasteiger partial charge < -0.3 is 5.11 Å². The topological polar surface area (TPSA) is 40.5 Å². The van der Waals surface area contributed by atoms with Gasteiger partial charge in [0.25, 0.3) is 0 Å². The minimum absolute atomic E-state index is 0.0806. The number of hydrogen-bond donors (Lipinski definition) is 1. The normalized spacial score (nSPS) is 15.0. The number of benzene rings is 1. The van der Waals surface area contributed by atoms with Crippen LogP contribution in [0.3, 0.4) is 0 Å². The molecule has 0 aliphatic heterocycles. The Morgan fingerprint density at radius 3 is 2.10 bits per heavy atom. The number of carboxylic acid groups (broad SMARTS) is 1.